The highest BCUT2D eigenvalue weighted by Crippen LogP contribution is 2.29. The predicted molar refractivity (Wildman–Crippen MR) is 104 cm³/mol. The molecule has 3 aromatic rings. The van der Waals surface area contributed by atoms with Crippen molar-refractivity contribution < 1.29 is 9.53 Å². The van der Waals surface area contributed by atoms with Crippen molar-refractivity contribution in [1.82, 2.24) is 19.9 Å². The molecule has 0 N–H and O–H groups in total. The van der Waals surface area contributed by atoms with Crippen LogP contribution in [0.2, 0.25) is 0 Å². The average molecular weight is 364 g/mol. The molecule has 140 valence electrons. The summed E-state index contributed by atoms with van der Waals surface area (Å²) < 4.78 is 7.45. The van der Waals surface area contributed by atoms with Gasteiger partial charge in [-0.05, 0) is 36.1 Å². The van der Waals surface area contributed by atoms with E-state index >= 15 is 0 Å². The lowest BCUT2D eigenvalue weighted by atomic mass is 9.99. The summed E-state index contributed by atoms with van der Waals surface area (Å²) in [6.07, 6.45) is 6.63. The number of carbonyl (C=O) groups excluding carboxylic acids is 1. The average Bonchev–Trinajstić information content (AvgIpc) is 3.26. The molecule has 0 unspecified atom stereocenters. The van der Waals surface area contributed by atoms with Gasteiger partial charge in [0.25, 0.3) is 0 Å². The number of fused-ring (bicyclic) bond motifs is 1. The molecule has 1 aliphatic rings. The Morgan fingerprint density at radius 2 is 2.00 bits per heavy atom. The number of benzene rings is 2. The van der Waals surface area contributed by atoms with Gasteiger partial charge in [-0.15, -0.1) is 5.10 Å². The molecule has 0 aliphatic carbocycles. The lowest BCUT2D eigenvalue weighted by molar-refractivity contribution is -0.132. The van der Waals surface area contributed by atoms with Gasteiger partial charge in [-0.3, -0.25) is 4.79 Å². The molecule has 0 bridgehead atoms. The van der Waals surface area contributed by atoms with E-state index in [9.17, 15) is 4.79 Å². The molecule has 2 heterocycles. The maximum Gasteiger partial charge on any atom is 0.222 e. The van der Waals surface area contributed by atoms with Gasteiger partial charge in [0, 0.05) is 31.3 Å². The zero-order valence-corrected chi connectivity index (χ0v) is 15.5. The number of carbonyl (C=O) groups is 1. The topological polar surface area (TPSA) is 60.2 Å². The molecule has 0 atom stereocenters. The van der Waals surface area contributed by atoms with Crippen molar-refractivity contribution in [3.8, 4) is 5.75 Å². The molecule has 1 saturated heterocycles. The maximum atomic E-state index is 12.8. The molecule has 1 fully saturated rings. The lowest BCUT2D eigenvalue weighted by Gasteiger charge is -2.32. The van der Waals surface area contributed by atoms with Crippen molar-refractivity contribution in [2.45, 2.75) is 31.7 Å². The van der Waals surface area contributed by atoms with Crippen molar-refractivity contribution in [1.29, 1.82) is 0 Å². The molecular weight excluding hydrogens is 340 g/mol. The maximum absolute atomic E-state index is 12.8. The van der Waals surface area contributed by atoms with Crippen LogP contribution in [0.4, 0.5) is 0 Å². The van der Waals surface area contributed by atoms with Crippen LogP contribution in [0.25, 0.3) is 10.8 Å². The Morgan fingerprint density at radius 1 is 1.19 bits per heavy atom. The number of rotatable bonds is 5. The zero-order chi connectivity index (χ0) is 18.6. The standard InChI is InChI=1S/C21H24N4O2/c1-27-20-8-6-16-4-2-3-5-18(16)19(20)7-9-21(26)24-13-10-17(11-14-24)25-15-12-22-23-25/h2-6,8,12,15,17H,7,9-11,13-14H2,1H3. The van der Waals surface area contributed by atoms with Crippen LogP contribution in [-0.2, 0) is 11.2 Å². The Bertz CT molecular complexity index is 915. The molecule has 0 spiro atoms. The number of hydrogen-bond acceptors (Lipinski definition) is 4. The number of aryl methyl sites for hydroxylation is 1. The van der Waals surface area contributed by atoms with Gasteiger partial charge >= 0.3 is 0 Å². The highest BCUT2D eigenvalue weighted by Gasteiger charge is 2.24. The molecule has 4 rings (SSSR count). The first-order valence-electron chi connectivity index (χ1n) is 9.44. The van der Waals surface area contributed by atoms with Gasteiger partial charge in [0.1, 0.15) is 5.75 Å². The molecule has 0 saturated carbocycles. The molecule has 2 aromatic carbocycles. The van der Waals surface area contributed by atoms with Crippen molar-refractivity contribution in [2.24, 2.45) is 0 Å². The first kappa shape index (κ1) is 17.5. The molecule has 1 aromatic heterocycles. The minimum atomic E-state index is 0.210. The second-order valence-electron chi connectivity index (χ2n) is 6.96. The van der Waals surface area contributed by atoms with Crippen molar-refractivity contribution in [3.05, 3.63) is 54.4 Å². The van der Waals surface area contributed by atoms with Gasteiger partial charge in [0.05, 0.1) is 19.3 Å². The number of piperidine rings is 1. The Hall–Kier alpha value is -2.89. The normalized spacial score (nSPS) is 15.2. The smallest absolute Gasteiger partial charge is 0.222 e. The third-order valence-electron chi connectivity index (χ3n) is 5.44. The van der Waals surface area contributed by atoms with E-state index in [1.54, 1.807) is 13.3 Å². The summed E-state index contributed by atoms with van der Waals surface area (Å²) in [5, 5.41) is 10.3. The Morgan fingerprint density at radius 3 is 2.74 bits per heavy atom. The van der Waals surface area contributed by atoms with Gasteiger partial charge in [-0.25, -0.2) is 4.68 Å². The second kappa shape index (κ2) is 7.78. The SMILES string of the molecule is COc1ccc2ccccc2c1CCC(=O)N1CCC(n2ccnn2)CC1. The quantitative estimate of drug-likeness (QED) is 0.697. The Kier molecular flexibility index (Phi) is 5.05. The Labute approximate surface area is 158 Å². The van der Waals surface area contributed by atoms with Crippen LogP contribution in [0.15, 0.2) is 48.8 Å². The molecule has 6 heteroatoms. The van der Waals surface area contributed by atoms with E-state index in [0.29, 0.717) is 18.9 Å². The van der Waals surface area contributed by atoms with E-state index in [2.05, 4.69) is 28.5 Å². The van der Waals surface area contributed by atoms with Gasteiger partial charge in [-0.2, -0.15) is 0 Å². The number of amides is 1. The fraction of sp³-hybridized carbons (Fsp3) is 0.381. The summed E-state index contributed by atoms with van der Waals surface area (Å²) >= 11 is 0. The van der Waals surface area contributed by atoms with Crippen molar-refractivity contribution in [2.75, 3.05) is 20.2 Å². The van der Waals surface area contributed by atoms with Crippen LogP contribution in [0.5, 0.6) is 5.75 Å². The first-order valence-corrected chi connectivity index (χ1v) is 9.44. The van der Waals surface area contributed by atoms with Crippen LogP contribution in [0.3, 0.4) is 0 Å². The largest absolute Gasteiger partial charge is 0.496 e. The van der Waals surface area contributed by atoms with Gasteiger partial charge < -0.3 is 9.64 Å². The molecule has 6 nitrogen and oxygen atoms in total. The summed E-state index contributed by atoms with van der Waals surface area (Å²) in [6, 6.07) is 12.6. The van der Waals surface area contributed by atoms with Crippen LogP contribution < -0.4 is 4.74 Å². The highest BCUT2D eigenvalue weighted by molar-refractivity contribution is 5.88. The number of ether oxygens (including phenoxy) is 1. The molecule has 1 aliphatic heterocycles. The van der Waals surface area contributed by atoms with Crippen LogP contribution >= 0.6 is 0 Å². The van der Waals surface area contributed by atoms with Gasteiger partial charge in [0.2, 0.25) is 5.91 Å². The number of likely N-dealkylation sites (tertiary alicyclic amines) is 1. The van der Waals surface area contributed by atoms with Crippen LogP contribution in [-0.4, -0.2) is 46.0 Å². The van der Waals surface area contributed by atoms with E-state index in [4.69, 9.17) is 4.74 Å². The number of hydrogen-bond donors (Lipinski definition) is 0. The summed E-state index contributed by atoms with van der Waals surface area (Å²) in [5.74, 6) is 1.06. The number of aromatic nitrogens is 3. The van der Waals surface area contributed by atoms with E-state index in [1.165, 1.54) is 5.39 Å². The highest BCUT2D eigenvalue weighted by atomic mass is 16.5. The summed E-state index contributed by atoms with van der Waals surface area (Å²) in [6.45, 7) is 1.55. The third-order valence-corrected chi connectivity index (χ3v) is 5.44. The van der Waals surface area contributed by atoms with Crippen molar-refractivity contribution in [3.63, 3.8) is 0 Å². The summed E-state index contributed by atoms with van der Waals surface area (Å²) in [7, 11) is 1.68. The van der Waals surface area contributed by atoms with E-state index < -0.39 is 0 Å². The summed E-state index contributed by atoms with van der Waals surface area (Å²) in [5.41, 5.74) is 1.11. The molecular formula is C21H24N4O2. The van der Waals surface area contributed by atoms with Crippen molar-refractivity contribution >= 4 is 16.7 Å². The second-order valence-corrected chi connectivity index (χ2v) is 6.96. The van der Waals surface area contributed by atoms with Gasteiger partial charge in [0.15, 0.2) is 0 Å². The minimum Gasteiger partial charge on any atom is -0.496 e. The molecule has 0 radical (unpaired) electrons. The lowest BCUT2D eigenvalue weighted by Crippen LogP contribution is -2.39. The fourth-order valence-corrected chi connectivity index (χ4v) is 3.95. The minimum absolute atomic E-state index is 0.210. The molecule has 1 amide bonds. The summed E-state index contributed by atoms with van der Waals surface area (Å²) in [4.78, 5) is 14.7. The fourth-order valence-electron chi connectivity index (χ4n) is 3.95. The first-order chi connectivity index (χ1) is 13.3. The van der Waals surface area contributed by atoms with Crippen LogP contribution in [0, 0.1) is 0 Å². The van der Waals surface area contributed by atoms with E-state index in [1.807, 2.05) is 34.0 Å². The predicted octanol–water partition coefficient (Wildman–Crippen LogP) is 3.24. The molecule has 27 heavy (non-hydrogen) atoms. The number of nitrogens with zero attached hydrogens (tertiary/aromatic N) is 4. The van der Waals surface area contributed by atoms with E-state index in [-0.39, 0.29) is 5.91 Å². The van der Waals surface area contributed by atoms with Crippen LogP contribution in [0.1, 0.15) is 30.9 Å². The third kappa shape index (κ3) is 3.65. The monoisotopic (exact) mass is 364 g/mol. The Balaban J connectivity index is 1.41. The zero-order valence-electron chi connectivity index (χ0n) is 15.5. The van der Waals surface area contributed by atoms with E-state index in [0.717, 1.165) is 42.6 Å². The number of methoxy groups -OCH3 is 1. The van der Waals surface area contributed by atoms with Gasteiger partial charge in [-0.1, -0.05) is 35.5 Å².